The van der Waals surface area contributed by atoms with Gasteiger partial charge in [0.15, 0.2) is 0 Å². The van der Waals surface area contributed by atoms with Gasteiger partial charge in [-0.2, -0.15) is 4.98 Å². The standard InChI is InChI=1S/C23H29N7O2/c1-14(2)30-13-18(22(24)31)17-12-26-21(11-19(17)30)27-20-5-8-25-23(28-20)29-9-6-16(7-10-29)32-15-3-4-15/h5,8,11-16H,3-4,6-7,9-10H2,1-2H3,(H2,24,31)(H,25,26,27,28). The molecule has 32 heavy (non-hydrogen) atoms. The molecule has 3 N–H and O–H groups in total. The average Bonchev–Trinajstić information content (AvgIpc) is 3.51. The number of rotatable bonds is 7. The second kappa shape index (κ2) is 8.38. The van der Waals surface area contributed by atoms with Crippen LogP contribution in [0.4, 0.5) is 17.6 Å². The van der Waals surface area contributed by atoms with Crippen LogP contribution < -0.4 is 16.0 Å². The maximum absolute atomic E-state index is 11.8. The van der Waals surface area contributed by atoms with Gasteiger partial charge in [0, 0.05) is 49.2 Å². The Bertz CT molecular complexity index is 1130. The number of nitrogens with zero attached hydrogens (tertiary/aromatic N) is 5. The molecule has 3 aromatic rings. The van der Waals surface area contributed by atoms with Gasteiger partial charge in [-0.25, -0.2) is 9.97 Å². The lowest BCUT2D eigenvalue weighted by Crippen LogP contribution is -2.38. The number of nitrogens with one attached hydrogen (secondary N) is 1. The molecule has 2 aliphatic rings. The van der Waals surface area contributed by atoms with E-state index >= 15 is 0 Å². The van der Waals surface area contributed by atoms with Crippen molar-refractivity contribution in [3.63, 3.8) is 0 Å². The Balaban J connectivity index is 1.33. The normalized spacial score (nSPS) is 17.3. The fourth-order valence-electron chi connectivity index (χ4n) is 4.21. The summed E-state index contributed by atoms with van der Waals surface area (Å²) in [6, 6.07) is 3.93. The number of amides is 1. The summed E-state index contributed by atoms with van der Waals surface area (Å²) in [5.74, 6) is 1.58. The van der Waals surface area contributed by atoms with Crippen LogP contribution in [0.1, 0.15) is 55.9 Å². The molecular formula is C23H29N7O2. The maximum atomic E-state index is 11.8. The quantitative estimate of drug-likeness (QED) is 0.585. The molecule has 3 aromatic heterocycles. The molecule has 0 spiro atoms. The Morgan fingerprint density at radius 1 is 1.16 bits per heavy atom. The molecule has 5 rings (SSSR count). The highest BCUT2D eigenvalue weighted by atomic mass is 16.5. The number of anilines is 3. The highest BCUT2D eigenvalue weighted by molar-refractivity contribution is 6.06. The van der Waals surface area contributed by atoms with E-state index in [9.17, 15) is 4.79 Å². The van der Waals surface area contributed by atoms with E-state index in [0.717, 1.165) is 36.8 Å². The SMILES string of the molecule is CC(C)n1cc(C(N)=O)c2cnc(Nc3ccnc(N4CCC(OC5CC5)CC4)n3)cc21. The van der Waals surface area contributed by atoms with Crippen LogP contribution in [0.3, 0.4) is 0 Å². The summed E-state index contributed by atoms with van der Waals surface area (Å²) in [7, 11) is 0. The van der Waals surface area contributed by atoms with E-state index in [1.807, 2.05) is 16.7 Å². The summed E-state index contributed by atoms with van der Waals surface area (Å²) in [6.07, 6.45) is 10.5. The maximum Gasteiger partial charge on any atom is 0.250 e. The third kappa shape index (κ3) is 4.25. The molecule has 0 atom stereocenters. The summed E-state index contributed by atoms with van der Waals surface area (Å²) in [5.41, 5.74) is 6.93. The molecule has 0 radical (unpaired) electrons. The minimum Gasteiger partial charge on any atom is -0.375 e. The fourth-order valence-corrected chi connectivity index (χ4v) is 4.21. The van der Waals surface area contributed by atoms with Gasteiger partial charge in [0.05, 0.1) is 23.3 Å². The van der Waals surface area contributed by atoms with Gasteiger partial charge in [0.2, 0.25) is 5.95 Å². The van der Waals surface area contributed by atoms with Crippen molar-refractivity contribution in [3.05, 3.63) is 36.3 Å². The molecular weight excluding hydrogens is 406 g/mol. The molecule has 1 amide bonds. The first-order chi connectivity index (χ1) is 15.5. The molecule has 2 fully saturated rings. The van der Waals surface area contributed by atoms with Crippen LogP contribution in [0.25, 0.3) is 10.9 Å². The summed E-state index contributed by atoms with van der Waals surface area (Å²) < 4.78 is 8.08. The number of primary amides is 1. The largest absolute Gasteiger partial charge is 0.375 e. The highest BCUT2D eigenvalue weighted by Crippen LogP contribution is 2.30. The average molecular weight is 436 g/mol. The van der Waals surface area contributed by atoms with E-state index < -0.39 is 5.91 Å². The Kier molecular flexibility index (Phi) is 5.42. The molecule has 9 heteroatoms. The molecule has 0 aromatic carbocycles. The van der Waals surface area contributed by atoms with Gasteiger partial charge >= 0.3 is 0 Å². The van der Waals surface area contributed by atoms with Crippen LogP contribution in [0.5, 0.6) is 0 Å². The zero-order valence-corrected chi connectivity index (χ0v) is 18.5. The van der Waals surface area contributed by atoms with Crippen LogP contribution in [0, 0.1) is 0 Å². The summed E-state index contributed by atoms with van der Waals surface area (Å²) in [5, 5.41) is 4.03. The Morgan fingerprint density at radius 2 is 1.91 bits per heavy atom. The number of nitrogens with two attached hydrogens (primary N) is 1. The molecule has 0 bridgehead atoms. The van der Waals surface area contributed by atoms with Crippen molar-refractivity contribution >= 4 is 34.4 Å². The summed E-state index contributed by atoms with van der Waals surface area (Å²) in [6.45, 7) is 5.91. The first-order valence-corrected chi connectivity index (χ1v) is 11.3. The Labute approximate surface area is 187 Å². The number of hydrogen-bond donors (Lipinski definition) is 2. The van der Waals surface area contributed by atoms with Crippen molar-refractivity contribution in [1.82, 2.24) is 19.5 Å². The van der Waals surface area contributed by atoms with Gasteiger partial charge in [-0.15, -0.1) is 0 Å². The zero-order valence-electron chi connectivity index (χ0n) is 18.5. The predicted octanol–water partition coefficient (Wildman–Crippen LogP) is 3.40. The van der Waals surface area contributed by atoms with Crippen molar-refractivity contribution in [1.29, 1.82) is 0 Å². The third-order valence-corrected chi connectivity index (χ3v) is 6.07. The number of aromatic nitrogens is 4. The Morgan fingerprint density at radius 3 is 2.59 bits per heavy atom. The second-order valence-electron chi connectivity index (χ2n) is 8.88. The first kappa shape index (κ1) is 20.7. The van der Waals surface area contributed by atoms with Crippen molar-refractivity contribution < 1.29 is 9.53 Å². The fraction of sp³-hybridized carbons (Fsp3) is 0.478. The van der Waals surface area contributed by atoms with Crippen LogP contribution in [0.15, 0.2) is 30.7 Å². The summed E-state index contributed by atoms with van der Waals surface area (Å²) in [4.78, 5) is 27.7. The molecule has 1 aliphatic heterocycles. The number of fused-ring (bicyclic) bond motifs is 1. The summed E-state index contributed by atoms with van der Waals surface area (Å²) >= 11 is 0. The molecule has 4 heterocycles. The number of ether oxygens (including phenoxy) is 1. The third-order valence-electron chi connectivity index (χ3n) is 6.07. The number of hydrogen-bond acceptors (Lipinski definition) is 7. The molecule has 1 saturated carbocycles. The monoisotopic (exact) mass is 435 g/mol. The van der Waals surface area contributed by atoms with Gasteiger partial charge in [-0.1, -0.05) is 0 Å². The topological polar surface area (TPSA) is 111 Å². The molecule has 1 saturated heterocycles. The molecule has 1 aliphatic carbocycles. The van der Waals surface area contributed by atoms with Gasteiger partial charge < -0.3 is 25.3 Å². The molecule has 168 valence electrons. The zero-order chi connectivity index (χ0) is 22.2. The van der Waals surface area contributed by atoms with E-state index in [-0.39, 0.29) is 6.04 Å². The number of piperidine rings is 1. The van der Waals surface area contributed by atoms with E-state index in [0.29, 0.717) is 35.4 Å². The first-order valence-electron chi connectivity index (χ1n) is 11.3. The van der Waals surface area contributed by atoms with Crippen LogP contribution in [0.2, 0.25) is 0 Å². The van der Waals surface area contributed by atoms with Crippen molar-refractivity contribution in [2.45, 2.75) is 57.8 Å². The predicted molar refractivity (Wildman–Crippen MR) is 123 cm³/mol. The lowest BCUT2D eigenvalue weighted by molar-refractivity contribution is 0.0245. The van der Waals surface area contributed by atoms with Gasteiger partial charge in [-0.3, -0.25) is 4.79 Å². The van der Waals surface area contributed by atoms with Crippen LogP contribution in [-0.4, -0.2) is 50.7 Å². The number of carbonyl (C=O) groups excluding carboxylic acids is 1. The van der Waals surface area contributed by atoms with E-state index in [1.54, 1.807) is 18.6 Å². The molecule has 9 nitrogen and oxygen atoms in total. The highest BCUT2D eigenvalue weighted by Gasteiger charge is 2.29. The van der Waals surface area contributed by atoms with E-state index in [2.05, 4.69) is 34.0 Å². The van der Waals surface area contributed by atoms with Gasteiger partial charge in [-0.05, 0) is 45.6 Å². The number of pyridine rings is 1. The van der Waals surface area contributed by atoms with Crippen LogP contribution in [-0.2, 0) is 4.74 Å². The number of carbonyl (C=O) groups is 1. The van der Waals surface area contributed by atoms with E-state index in [1.165, 1.54) is 12.8 Å². The van der Waals surface area contributed by atoms with Crippen LogP contribution >= 0.6 is 0 Å². The lowest BCUT2D eigenvalue weighted by Gasteiger charge is -2.32. The lowest BCUT2D eigenvalue weighted by atomic mass is 10.1. The Hall–Kier alpha value is -3.20. The second-order valence-corrected chi connectivity index (χ2v) is 8.88. The van der Waals surface area contributed by atoms with Crippen molar-refractivity contribution in [2.75, 3.05) is 23.3 Å². The van der Waals surface area contributed by atoms with Crippen molar-refractivity contribution in [2.24, 2.45) is 5.73 Å². The van der Waals surface area contributed by atoms with Crippen molar-refractivity contribution in [3.8, 4) is 0 Å². The minimum atomic E-state index is -0.455. The molecule has 0 unspecified atom stereocenters. The van der Waals surface area contributed by atoms with Gasteiger partial charge in [0.1, 0.15) is 11.6 Å². The van der Waals surface area contributed by atoms with Gasteiger partial charge in [0.25, 0.3) is 5.91 Å². The van der Waals surface area contributed by atoms with E-state index in [4.69, 9.17) is 15.5 Å². The minimum absolute atomic E-state index is 0.179. The smallest absolute Gasteiger partial charge is 0.250 e.